The van der Waals surface area contributed by atoms with E-state index in [4.69, 9.17) is 16.0 Å². The van der Waals surface area contributed by atoms with Crippen molar-refractivity contribution in [3.63, 3.8) is 0 Å². The van der Waals surface area contributed by atoms with Gasteiger partial charge in [-0.2, -0.15) is 0 Å². The fraction of sp³-hybridized carbons (Fsp3) is 0.235. The minimum absolute atomic E-state index is 0.0821. The van der Waals surface area contributed by atoms with E-state index in [2.05, 4.69) is 10.3 Å². The lowest BCUT2D eigenvalue weighted by atomic mass is 10.2. The molecule has 0 bridgehead atoms. The Bertz CT molecular complexity index is 863. The van der Waals surface area contributed by atoms with E-state index in [1.54, 1.807) is 27.6 Å². The number of nitrogens with zero attached hydrogens (tertiary/aromatic N) is 4. The van der Waals surface area contributed by atoms with Gasteiger partial charge < -0.3 is 9.32 Å². The van der Waals surface area contributed by atoms with Crippen molar-refractivity contribution in [3.8, 4) is 0 Å². The van der Waals surface area contributed by atoms with Crippen molar-refractivity contribution < 1.29 is 9.21 Å². The van der Waals surface area contributed by atoms with Crippen LogP contribution in [0.3, 0.4) is 0 Å². The molecule has 3 aromatic rings. The third kappa shape index (κ3) is 3.57. The van der Waals surface area contributed by atoms with E-state index in [1.807, 2.05) is 42.6 Å². The van der Waals surface area contributed by atoms with Crippen LogP contribution >= 0.6 is 23.4 Å². The van der Waals surface area contributed by atoms with Gasteiger partial charge >= 0.3 is 0 Å². The van der Waals surface area contributed by atoms with E-state index in [0.29, 0.717) is 23.9 Å². The van der Waals surface area contributed by atoms with Crippen LogP contribution in [-0.2, 0) is 17.9 Å². The molecule has 1 amide bonds. The normalized spacial score (nSPS) is 17.4. The average molecular weight is 375 g/mol. The molecule has 128 valence electrons. The molecule has 3 heterocycles. The van der Waals surface area contributed by atoms with Crippen molar-refractivity contribution in [2.24, 2.45) is 0 Å². The Morgan fingerprint density at radius 2 is 2.08 bits per heavy atom. The maximum absolute atomic E-state index is 12.2. The van der Waals surface area contributed by atoms with Gasteiger partial charge in [-0.15, -0.1) is 16.9 Å². The van der Waals surface area contributed by atoms with E-state index < -0.39 is 0 Å². The number of carbonyl (C=O) groups excluding carboxylic acids is 1. The van der Waals surface area contributed by atoms with Crippen LogP contribution in [0.5, 0.6) is 0 Å². The van der Waals surface area contributed by atoms with E-state index in [9.17, 15) is 4.79 Å². The number of carbonyl (C=O) groups is 1. The highest BCUT2D eigenvalue weighted by Gasteiger charge is 2.35. The predicted octanol–water partition coefficient (Wildman–Crippen LogP) is 3.35. The topological polar surface area (TPSA) is 64.2 Å². The summed E-state index contributed by atoms with van der Waals surface area (Å²) in [7, 11) is 0. The number of halogens is 1. The summed E-state index contributed by atoms with van der Waals surface area (Å²) in [6.07, 6.45) is 3.50. The summed E-state index contributed by atoms with van der Waals surface area (Å²) in [4.78, 5) is 14.0. The Balaban J connectivity index is 1.50. The summed E-state index contributed by atoms with van der Waals surface area (Å²) >= 11 is 7.47. The van der Waals surface area contributed by atoms with Crippen LogP contribution in [0.1, 0.15) is 22.4 Å². The second-order valence-electron chi connectivity index (χ2n) is 5.73. The van der Waals surface area contributed by atoms with Crippen LogP contribution in [0.15, 0.2) is 53.3 Å². The first-order chi connectivity index (χ1) is 12.2. The van der Waals surface area contributed by atoms with E-state index in [1.165, 1.54) is 0 Å². The van der Waals surface area contributed by atoms with Gasteiger partial charge in [0.05, 0.1) is 31.3 Å². The van der Waals surface area contributed by atoms with Gasteiger partial charge in [0.25, 0.3) is 0 Å². The SMILES string of the molecule is O=C1CSC(c2cn(Cc3ccc(Cl)cc3)nn2)N1Cc1ccco1. The molecular weight excluding hydrogens is 360 g/mol. The molecule has 25 heavy (non-hydrogen) atoms. The molecular formula is C17H15ClN4O2S. The highest BCUT2D eigenvalue weighted by molar-refractivity contribution is 8.00. The fourth-order valence-corrected chi connectivity index (χ4v) is 3.96. The summed E-state index contributed by atoms with van der Waals surface area (Å²) in [5.41, 5.74) is 1.86. The third-order valence-corrected chi connectivity index (χ3v) is 5.42. The summed E-state index contributed by atoms with van der Waals surface area (Å²) in [6.45, 7) is 1.04. The highest BCUT2D eigenvalue weighted by Crippen LogP contribution is 2.38. The number of hydrogen-bond donors (Lipinski definition) is 0. The van der Waals surface area contributed by atoms with E-state index >= 15 is 0 Å². The number of benzene rings is 1. The number of amides is 1. The van der Waals surface area contributed by atoms with Crippen molar-refractivity contribution in [3.05, 3.63) is 70.9 Å². The number of hydrogen-bond acceptors (Lipinski definition) is 5. The van der Waals surface area contributed by atoms with Crippen molar-refractivity contribution >= 4 is 29.3 Å². The first-order valence-corrected chi connectivity index (χ1v) is 9.19. The number of rotatable bonds is 5. The number of thioether (sulfide) groups is 1. The molecule has 1 fully saturated rings. The molecule has 0 N–H and O–H groups in total. The molecule has 4 rings (SSSR count). The second kappa shape index (κ2) is 6.93. The molecule has 1 saturated heterocycles. The minimum atomic E-state index is -0.142. The maximum atomic E-state index is 12.2. The van der Waals surface area contributed by atoms with Crippen LogP contribution in [0, 0.1) is 0 Å². The van der Waals surface area contributed by atoms with Gasteiger partial charge in [-0.25, -0.2) is 4.68 Å². The molecule has 1 aliphatic rings. The van der Waals surface area contributed by atoms with E-state index in [-0.39, 0.29) is 11.3 Å². The molecule has 8 heteroatoms. The largest absolute Gasteiger partial charge is 0.467 e. The quantitative estimate of drug-likeness (QED) is 0.685. The molecule has 1 aromatic carbocycles. The molecule has 2 aromatic heterocycles. The molecule has 0 aliphatic carbocycles. The standard InChI is InChI=1S/C17H15ClN4O2S/c18-13-5-3-12(4-6-13)8-21-10-15(19-20-21)17-22(16(23)11-25-17)9-14-2-1-7-24-14/h1-7,10,17H,8-9,11H2. The van der Waals surface area contributed by atoms with Gasteiger partial charge in [-0.3, -0.25) is 4.79 Å². The van der Waals surface area contributed by atoms with E-state index in [0.717, 1.165) is 17.0 Å². The minimum Gasteiger partial charge on any atom is -0.467 e. The number of furan rings is 1. The molecule has 0 radical (unpaired) electrons. The van der Waals surface area contributed by atoms with Crippen LogP contribution in [0.25, 0.3) is 0 Å². The van der Waals surface area contributed by atoms with Crippen LogP contribution in [0.2, 0.25) is 5.02 Å². The predicted molar refractivity (Wildman–Crippen MR) is 95.0 cm³/mol. The summed E-state index contributed by atoms with van der Waals surface area (Å²) in [5, 5.41) is 9.03. The van der Waals surface area contributed by atoms with Gasteiger partial charge in [0.2, 0.25) is 5.91 Å². The second-order valence-corrected chi connectivity index (χ2v) is 7.24. The van der Waals surface area contributed by atoms with Gasteiger partial charge in [0.1, 0.15) is 16.8 Å². The van der Waals surface area contributed by atoms with Crippen molar-refractivity contribution in [1.82, 2.24) is 19.9 Å². The zero-order valence-corrected chi connectivity index (χ0v) is 14.8. The highest BCUT2D eigenvalue weighted by atomic mass is 35.5. The fourth-order valence-electron chi connectivity index (χ4n) is 2.72. The first-order valence-electron chi connectivity index (χ1n) is 7.77. The van der Waals surface area contributed by atoms with Crippen molar-refractivity contribution in [2.45, 2.75) is 18.5 Å². The summed E-state index contributed by atoms with van der Waals surface area (Å²) in [6, 6.07) is 11.3. The summed E-state index contributed by atoms with van der Waals surface area (Å²) < 4.78 is 7.14. The Hall–Kier alpha value is -2.25. The Morgan fingerprint density at radius 1 is 1.24 bits per heavy atom. The maximum Gasteiger partial charge on any atom is 0.234 e. The lowest BCUT2D eigenvalue weighted by molar-refractivity contribution is -0.128. The Kier molecular flexibility index (Phi) is 4.50. The molecule has 1 aliphatic heterocycles. The zero-order chi connectivity index (χ0) is 17.2. The smallest absolute Gasteiger partial charge is 0.234 e. The zero-order valence-electron chi connectivity index (χ0n) is 13.2. The van der Waals surface area contributed by atoms with Crippen LogP contribution < -0.4 is 0 Å². The Morgan fingerprint density at radius 3 is 2.84 bits per heavy atom. The lowest BCUT2D eigenvalue weighted by Gasteiger charge is -2.20. The molecule has 1 unspecified atom stereocenters. The van der Waals surface area contributed by atoms with Crippen LogP contribution in [-0.4, -0.2) is 31.6 Å². The first kappa shape index (κ1) is 16.2. The Labute approximate surface area is 153 Å². The summed E-state index contributed by atoms with van der Waals surface area (Å²) in [5.74, 6) is 1.28. The average Bonchev–Trinajstić information content (AvgIpc) is 3.34. The lowest BCUT2D eigenvalue weighted by Crippen LogP contribution is -2.27. The van der Waals surface area contributed by atoms with Gasteiger partial charge in [0.15, 0.2) is 0 Å². The molecule has 0 saturated carbocycles. The molecule has 0 spiro atoms. The van der Waals surface area contributed by atoms with Crippen LogP contribution in [0.4, 0.5) is 0 Å². The monoisotopic (exact) mass is 374 g/mol. The van der Waals surface area contributed by atoms with Crippen molar-refractivity contribution in [2.75, 3.05) is 5.75 Å². The van der Waals surface area contributed by atoms with Crippen molar-refractivity contribution in [1.29, 1.82) is 0 Å². The van der Waals surface area contributed by atoms with Gasteiger partial charge in [-0.05, 0) is 29.8 Å². The van der Waals surface area contributed by atoms with Gasteiger partial charge in [0, 0.05) is 5.02 Å². The third-order valence-electron chi connectivity index (χ3n) is 3.94. The van der Waals surface area contributed by atoms with Gasteiger partial charge in [-0.1, -0.05) is 28.9 Å². The molecule has 1 atom stereocenters. The number of aromatic nitrogens is 3. The molecule has 6 nitrogen and oxygen atoms in total.